The van der Waals surface area contributed by atoms with E-state index in [1.807, 2.05) is 18.2 Å². The summed E-state index contributed by atoms with van der Waals surface area (Å²) in [5.41, 5.74) is 2.14. The molecule has 1 aliphatic rings. The van der Waals surface area contributed by atoms with E-state index in [4.69, 9.17) is 9.72 Å². The molecule has 1 heterocycles. The Morgan fingerprint density at radius 1 is 1.00 bits per heavy atom. The van der Waals surface area contributed by atoms with Gasteiger partial charge < -0.3 is 20.1 Å². The van der Waals surface area contributed by atoms with Gasteiger partial charge in [0.2, 0.25) is 0 Å². The Labute approximate surface area is 195 Å². The number of amides is 1. The van der Waals surface area contributed by atoms with Gasteiger partial charge in [-0.05, 0) is 74.6 Å². The quantitative estimate of drug-likeness (QED) is 0.483. The highest BCUT2D eigenvalue weighted by Gasteiger charge is 2.31. The molecule has 0 unspecified atom stereocenters. The highest BCUT2D eigenvalue weighted by molar-refractivity contribution is 5.83. The molecular formula is C25H26F3N3O3. The van der Waals surface area contributed by atoms with Gasteiger partial charge in [0.25, 0.3) is 5.91 Å². The fourth-order valence-corrected chi connectivity index (χ4v) is 4.17. The number of aryl methyl sites for hydroxylation is 1. The summed E-state index contributed by atoms with van der Waals surface area (Å²) in [6, 6.07) is 15.4. The Bertz CT molecular complexity index is 1130. The van der Waals surface area contributed by atoms with Crippen LogP contribution >= 0.6 is 0 Å². The lowest BCUT2D eigenvalue weighted by Gasteiger charge is -2.30. The average molecular weight is 473 g/mol. The van der Waals surface area contributed by atoms with Crippen LogP contribution in [0.1, 0.15) is 31.2 Å². The van der Waals surface area contributed by atoms with Crippen molar-refractivity contribution in [1.82, 2.24) is 10.3 Å². The summed E-state index contributed by atoms with van der Waals surface area (Å²) < 4.78 is 45.8. The number of para-hydroxylation sites is 1. The molecule has 1 aliphatic carbocycles. The second-order valence-electron chi connectivity index (χ2n) is 8.41. The molecule has 0 spiro atoms. The fourth-order valence-electron chi connectivity index (χ4n) is 4.17. The molecule has 4 rings (SSSR count). The molecule has 1 fully saturated rings. The molecular weight excluding hydrogens is 447 g/mol. The van der Waals surface area contributed by atoms with E-state index in [0.717, 1.165) is 54.5 Å². The van der Waals surface area contributed by atoms with E-state index in [-0.39, 0.29) is 36.1 Å². The van der Waals surface area contributed by atoms with Crippen molar-refractivity contribution in [3.05, 3.63) is 60.2 Å². The number of aromatic nitrogens is 1. The summed E-state index contributed by atoms with van der Waals surface area (Å²) in [6.45, 7) is 1.87. The van der Waals surface area contributed by atoms with Gasteiger partial charge in [-0.3, -0.25) is 4.79 Å². The smallest absolute Gasteiger partial charge is 0.484 e. The lowest BCUT2D eigenvalue weighted by Crippen LogP contribution is -2.42. The van der Waals surface area contributed by atoms with Crippen molar-refractivity contribution in [3.63, 3.8) is 0 Å². The van der Waals surface area contributed by atoms with Crippen LogP contribution in [0.2, 0.25) is 0 Å². The largest absolute Gasteiger partial charge is 0.573 e. The Balaban J connectivity index is 1.20. The van der Waals surface area contributed by atoms with E-state index >= 15 is 0 Å². The first kappa shape index (κ1) is 23.7. The number of hydrogen-bond acceptors (Lipinski definition) is 5. The van der Waals surface area contributed by atoms with Gasteiger partial charge in [0.15, 0.2) is 6.61 Å². The van der Waals surface area contributed by atoms with Gasteiger partial charge in [0, 0.05) is 17.5 Å². The van der Waals surface area contributed by atoms with Crippen molar-refractivity contribution in [2.75, 3.05) is 11.9 Å². The number of fused-ring (bicyclic) bond motifs is 1. The zero-order chi connectivity index (χ0) is 24.1. The molecule has 1 saturated carbocycles. The van der Waals surface area contributed by atoms with Crippen LogP contribution in [0.25, 0.3) is 10.9 Å². The molecule has 0 saturated heterocycles. The van der Waals surface area contributed by atoms with Crippen molar-refractivity contribution >= 4 is 22.6 Å². The first-order valence-electron chi connectivity index (χ1n) is 11.2. The van der Waals surface area contributed by atoms with Crippen molar-refractivity contribution in [3.8, 4) is 11.5 Å². The minimum absolute atomic E-state index is 0.0583. The first-order chi connectivity index (χ1) is 16.2. The summed E-state index contributed by atoms with van der Waals surface area (Å²) in [4.78, 5) is 17.0. The number of halogens is 3. The van der Waals surface area contributed by atoms with Crippen molar-refractivity contribution < 1.29 is 27.4 Å². The topological polar surface area (TPSA) is 72.5 Å². The third kappa shape index (κ3) is 6.52. The SMILES string of the molecule is Cc1cc(NC2CCC(NC(=O)COc3ccc(OC(F)(F)F)cc3)CC2)nc2ccccc12. The average Bonchev–Trinajstić information content (AvgIpc) is 2.79. The van der Waals surface area contributed by atoms with Gasteiger partial charge >= 0.3 is 6.36 Å². The highest BCUT2D eigenvalue weighted by Crippen LogP contribution is 2.26. The molecule has 0 aliphatic heterocycles. The number of nitrogens with one attached hydrogen (secondary N) is 2. The molecule has 1 aromatic heterocycles. The fraction of sp³-hybridized carbons (Fsp3) is 0.360. The van der Waals surface area contributed by atoms with Gasteiger partial charge in [-0.15, -0.1) is 13.2 Å². The van der Waals surface area contributed by atoms with E-state index in [9.17, 15) is 18.0 Å². The maximum atomic E-state index is 12.2. The Morgan fingerprint density at radius 2 is 1.65 bits per heavy atom. The summed E-state index contributed by atoms with van der Waals surface area (Å²) >= 11 is 0. The van der Waals surface area contributed by atoms with E-state index in [1.165, 1.54) is 17.7 Å². The number of benzene rings is 2. The number of carbonyl (C=O) groups excluding carboxylic acids is 1. The number of ether oxygens (including phenoxy) is 2. The molecule has 34 heavy (non-hydrogen) atoms. The first-order valence-corrected chi connectivity index (χ1v) is 11.2. The predicted octanol–water partition coefficient (Wildman–Crippen LogP) is 5.36. The van der Waals surface area contributed by atoms with E-state index in [0.29, 0.717) is 0 Å². The summed E-state index contributed by atoms with van der Waals surface area (Å²) in [5, 5.41) is 7.64. The molecule has 9 heteroatoms. The van der Waals surface area contributed by atoms with Gasteiger partial charge in [-0.1, -0.05) is 18.2 Å². The number of anilines is 1. The second-order valence-corrected chi connectivity index (χ2v) is 8.41. The number of carbonyl (C=O) groups is 1. The number of hydrogen-bond donors (Lipinski definition) is 2. The minimum atomic E-state index is -4.75. The van der Waals surface area contributed by atoms with Crippen LogP contribution in [0.15, 0.2) is 54.6 Å². The van der Waals surface area contributed by atoms with Crippen LogP contribution < -0.4 is 20.1 Å². The predicted molar refractivity (Wildman–Crippen MR) is 123 cm³/mol. The van der Waals surface area contributed by atoms with Crippen LogP contribution in [-0.2, 0) is 4.79 Å². The normalized spacial score (nSPS) is 18.4. The molecule has 2 aromatic carbocycles. The van der Waals surface area contributed by atoms with E-state index in [2.05, 4.69) is 34.4 Å². The van der Waals surface area contributed by atoms with Crippen LogP contribution in [0.4, 0.5) is 19.0 Å². The zero-order valence-corrected chi connectivity index (χ0v) is 18.7. The summed E-state index contributed by atoms with van der Waals surface area (Å²) in [5.74, 6) is 0.544. The van der Waals surface area contributed by atoms with Crippen molar-refractivity contribution in [1.29, 1.82) is 0 Å². The Hall–Kier alpha value is -3.49. The second kappa shape index (κ2) is 10.2. The lowest BCUT2D eigenvalue weighted by atomic mass is 9.91. The zero-order valence-electron chi connectivity index (χ0n) is 18.7. The minimum Gasteiger partial charge on any atom is -0.484 e. The Morgan fingerprint density at radius 3 is 2.35 bits per heavy atom. The monoisotopic (exact) mass is 473 g/mol. The van der Waals surface area contributed by atoms with Gasteiger partial charge in [0.05, 0.1) is 5.52 Å². The Kier molecular flexibility index (Phi) is 7.09. The summed E-state index contributed by atoms with van der Waals surface area (Å²) in [6.07, 6.45) is -1.28. The maximum Gasteiger partial charge on any atom is 0.573 e. The molecule has 0 radical (unpaired) electrons. The summed E-state index contributed by atoms with van der Waals surface area (Å²) in [7, 11) is 0. The van der Waals surface area contributed by atoms with E-state index in [1.54, 1.807) is 0 Å². The number of alkyl halides is 3. The maximum absolute atomic E-state index is 12.2. The van der Waals surface area contributed by atoms with Crippen LogP contribution in [-0.4, -0.2) is 35.9 Å². The molecule has 0 bridgehead atoms. The number of nitrogens with zero attached hydrogens (tertiary/aromatic N) is 1. The standard InChI is InChI=1S/C25H26F3N3O3/c1-16-14-23(31-22-5-3-2-4-21(16)22)29-17-6-8-18(9-7-17)30-24(32)15-33-19-10-12-20(13-11-19)34-25(26,27)28/h2-5,10-14,17-18H,6-9,15H2,1H3,(H,29,31)(H,30,32). The van der Waals surface area contributed by atoms with Crippen LogP contribution in [0.5, 0.6) is 11.5 Å². The molecule has 1 amide bonds. The van der Waals surface area contributed by atoms with Crippen molar-refractivity contribution in [2.24, 2.45) is 0 Å². The van der Waals surface area contributed by atoms with Crippen LogP contribution in [0, 0.1) is 6.92 Å². The van der Waals surface area contributed by atoms with E-state index < -0.39 is 6.36 Å². The lowest BCUT2D eigenvalue weighted by molar-refractivity contribution is -0.274. The number of pyridine rings is 1. The third-order valence-corrected chi connectivity index (χ3v) is 5.79. The molecule has 180 valence electrons. The number of rotatable bonds is 7. The molecule has 3 aromatic rings. The van der Waals surface area contributed by atoms with Crippen LogP contribution in [0.3, 0.4) is 0 Å². The van der Waals surface area contributed by atoms with Gasteiger partial charge in [-0.25, -0.2) is 4.98 Å². The molecule has 2 N–H and O–H groups in total. The molecule has 0 atom stereocenters. The van der Waals surface area contributed by atoms with Crippen molar-refractivity contribution in [2.45, 2.75) is 51.1 Å². The third-order valence-electron chi connectivity index (χ3n) is 5.79. The van der Waals surface area contributed by atoms with Gasteiger partial charge in [-0.2, -0.15) is 0 Å². The molecule has 6 nitrogen and oxygen atoms in total. The van der Waals surface area contributed by atoms with Gasteiger partial charge in [0.1, 0.15) is 17.3 Å². The highest BCUT2D eigenvalue weighted by atomic mass is 19.4.